The molecule has 0 N–H and O–H groups in total. The van der Waals surface area contributed by atoms with Crippen LogP contribution >= 0.6 is 0 Å². The van der Waals surface area contributed by atoms with Gasteiger partial charge >= 0.3 is 0 Å². The van der Waals surface area contributed by atoms with E-state index >= 15 is 0 Å². The van der Waals surface area contributed by atoms with E-state index in [0.717, 1.165) is 66.8 Å². The molecule has 0 spiro atoms. The van der Waals surface area contributed by atoms with Gasteiger partial charge in [0.15, 0.2) is 0 Å². The van der Waals surface area contributed by atoms with E-state index in [4.69, 9.17) is 9.97 Å². The molecule has 0 amide bonds. The zero-order chi connectivity index (χ0) is 34.4. The summed E-state index contributed by atoms with van der Waals surface area (Å²) in [4.78, 5) is 12.7. The van der Waals surface area contributed by atoms with Crippen molar-refractivity contribution in [2.75, 3.05) is 4.90 Å². The Morgan fingerprint density at radius 2 is 1.00 bits per heavy atom. The molecule has 10 aromatic rings. The SMILES string of the molecule is c1ccc(-c2nc(-n3c4ccccc4c4cc(-c5ccc(N(c6ccccc6)c6cccc7ccccc67)cc5)ccc43)nc3ccccc23)cc1. The van der Waals surface area contributed by atoms with Crippen LogP contribution in [0.2, 0.25) is 0 Å². The lowest BCUT2D eigenvalue weighted by Crippen LogP contribution is -2.10. The van der Waals surface area contributed by atoms with Crippen molar-refractivity contribution in [2.45, 2.75) is 0 Å². The number of para-hydroxylation sites is 3. The molecule has 0 bridgehead atoms. The van der Waals surface area contributed by atoms with Crippen LogP contribution in [0.3, 0.4) is 0 Å². The van der Waals surface area contributed by atoms with E-state index in [9.17, 15) is 0 Å². The van der Waals surface area contributed by atoms with Crippen molar-refractivity contribution in [1.82, 2.24) is 14.5 Å². The molecule has 52 heavy (non-hydrogen) atoms. The Bertz CT molecular complexity index is 2890. The van der Waals surface area contributed by atoms with Crippen molar-refractivity contribution in [3.8, 4) is 28.3 Å². The van der Waals surface area contributed by atoms with Gasteiger partial charge < -0.3 is 4.90 Å². The summed E-state index contributed by atoms with van der Waals surface area (Å²) in [5.41, 5.74) is 10.7. The summed E-state index contributed by atoms with van der Waals surface area (Å²) in [5.74, 6) is 0.662. The van der Waals surface area contributed by atoms with Gasteiger partial charge in [-0.05, 0) is 71.1 Å². The Morgan fingerprint density at radius 1 is 0.385 bits per heavy atom. The van der Waals surface area contributed by atoms with Crippen LogP contribution in [0.15, 0.2) is 194 Å². The molecule has 0 aliphatic carbocycles. The van der Waals surface area contributed by atoms with Crippen LogP contribution < -0.4 is 4.90 Å². The number of hydrogen-bond acceptors (Lipinski definition) is 3. The lowest BCUT2D eigenvalue weighted by Gasteiger charge is -2.27. The standard InChI is InChI=1S/C48H32N4/c1-3-15-35(16-4-1)47-41-22-9-11-23-43(41)49-48(50-47)52-45-24-12-10-21-40(45)42-32-36(28-31-46(42)52)33-26-29-38(30-27-33)51(37-18-5-2-6-19-37)44-25-13-17-34-14-7-8-20-39(34)44/h1-32H. The highest BCUT2D eigenvalue weighted by atomic mass is 15.2. The molecule has 0 atom stereocenters. The second-order valence-corrected chi connectivity index (χ2v) is 13.1. The molecular weight excluding hydrogens is 633 g/mol. The molecule has 0 aliphatic rings. The molecule has 0 radical (unpaired) electrons. The van der Waals surface area contributed by atoms with E-state index < -0.39 is 0 Å². The van der Waals surface area contributed by atoms with Crippen LogP contribution in [0, 0.1) is 0 Å². The van der Waals surface area contributed by atoms with Crippen LogP contribution in [0.25, 0.3) is 71.8 Å². The minimum Gasteiger partial charge on any atom is -0.310 e. The zero-order valence-electron chi connectivity index (χ0n) is 28.3. The number of benzene rings is 8. The molecule has 0 aliphatic heterocycles. The minimum atomic E-state index is 0.662. The van der Waals surface area contributed by atoms with Gasteiger partial charge in [-0.1, -0.05) is 140 Å². The van der Waals surface area contributed by atoms with Crippen LogP contribution in [0.5, 0.6) is 0 Å². The van der Waals surface area contributed by atoms with E-state index in [1.54, 1.807) is 0 Å². The Morgan fingerprint density at radius 3 is 1.83 bits per heavy atom. The fourth-order valence-corrected chi connectivity index (χ4v) is 7.56. The van der Waals surface area contributed by atoms with Crippen molar-refractivity contribution in [2.24, 2.45) is 0 Å². The average molecular weight is 665 g/mol. The summed E-state index contributed by atoms with van der Waals surface area (Å²) in [6, 6.07) is 68.5. The van der Waals surface area contributed by atoms with Gasteiger partial charge in [0, 0.05) is 38.5 Å². The molecule has 244 valence electrons. The lowest BCUT2D eigenvalue weighted by atomic mass is 10.0. The first kappa shape index (κ1) is 29.8. The highest BCUT2D eigenvalue weighted by Gasteiger charge is 2.19. The van der Waals surface area contributed by atoms with Gasteiger partial charge in [-0.3, -0.25) is 4.57 Å². The highest BCUT2D eigenvalue weighted by molar-refractivity contribution is 6.10. The third kappa shape index (κ3) is 5.00. The van der Waals surface area contributed by atoms with Gasteiger partial charge in [0.2, 0.25) is 5.95 Å². The van der Waals surface area contributed by atoms with Crippen molar-refractivity contribution in [3.63, 3.8) is 0 Å². The van der Waals surface area contributed by atoms with E-state index in [2.05, 4.69) is 191 Å². The van der Waals surface area contributed by atoms with E-state index in [1.807, 2.05) is 12.1 Å². The molecule has 10 rings (SSSR count). The van der Waals surface area contributed by atoms with Crippen molar-refractivity contribution < 1.29 is 0 Å². The average Bonchev–Trinajstić information content (AvgIpc) is 3.55. The third-order valence-corrected chi connectivity index (χ3v) is 9.99. The maximum Gasteiger partial charge on any atom is 0.235 e. The monoisotopic (exact) mass is 664 g/mol. The molecule has 0 fully saturated rings. The van der Waals surface area contributed by atoms with Crippen LogP contribution in [0.4, 0.5) is 17.1 Å². The number of anilines is 3. The normalized spacial score (nSPS) is 11.5. The molecule has 4 nitrogen and oxygen atoms in total. The van der Waals surface area contributed by atoms with Gasteiger partial charge in [-0.15, -0.1) is 0 Å². The number of nitrogens with zero attached hydrogens (tertiary/aromatic N) is 4. The van der Waals surface area contributed by atoms with Gasteiger partial charge in [0.25, 0.3) is 0 Å². The van der Waals surface area contributed by atoms with Crippen molar-refractivity contribution in [3.05, 3.63) is 194 Å². The van der Waals surface area contributed by atoms with Crippen LogP contribution in [-0.4, -0.2) is 14.5 Å². The largest absolute Gasteiger partial charge is 0.310 e. The van der Waals surface area contributed by atoms with Gasteiger partial charge in [0.05, 0.1) is 27.9 Å². The smallest absolute Gasteiger partial charge is 0.235 e. The summed E-state index contributed by atoms with van der Waals surface area (Å²) in [7, 11) is 0. The van der Waals surface area contributed by atoms with E-state index in [0.29, 0.717) is 5.95 Å². The first-order chi connectivity index (χ1) is 25.8. The molecule has 4 heteroatoms. The molecule has 0 saturated heterocycles. The molecule has 0 saturated carbocycles. The summed E-state index contributed by atoms with van der Waals surface area (Å²) in [5, 5.41) is 5.80. The molecule has 8 aromatic carbocycles. The molecule has 2 aromatic heterocycles. The Hall–Kier alpha value is -7.04. The summed E-state index contributed by atoms with van der Waals surface area (Å²) >= 11 is 0. The fraction of sp³-hybridized carbons (Fsp3) is 0. The molecular formula is C48H32N4. The van der Waals surface area contributed by atoms with Gasteiger partial charge in [-0.25, -0.2) is 9.97 Å². The summed E-state index contributed by atoms with van der Waals surface area (Å²) < 4.78 is 2.21. The summed E-state index contributed by atoms with van der Waals surface area (Å²) in [6.45, 7) is 0. The number of fused-ring (bicyclic) bond motifs is 5. The van der Waals surface area contributed by atoms with Gasteiger partial charge in [-0.2, -0.15) is 0 Å². The molecule has 2 heterocycles. The zero-order valence-corrected chi connectivity index (χ0v) is 28.3. The third-order valence-electron chi connectivity index (χ3n) is 9.99. The lowest BCUT2D eigenvalue weighted by molar-refractivity contribution is 1.01. The fourth-order valence-electron chi connectivity index (χ4n) is 7.56. The van der Waals surface area contributed by atoms with Crippen LogP contribution in [-0.2, 0) is 0 Å². The second kappa shape index (κ2) is 12.4. The number of hydrogen-bond donors (Lipinski definition) is 0. The quantitative estimate of drug-likeness (QED) is 0.177. The minimum absolute atomic E-state index is 0.662. The van der Waals surface area contributed by atoms with Gasteiger partial charge in [0.1, 0.15) is 0 Å². The predicted octanol–water partition coefficient (Wildman–Crippen LogP) is 12.7. The van der Waals surface area contributed by atoms with Crippen molar-refractivity contribution >= 4 is 60.5 Å². The topological polar surface area (TPSA) is 34.0 Å². The predicted molar refractivity (Wildman–Crippen MR) is 217 cm³/mol. The highest BCUT2D eigenvalue weighted by Crippen LogP contribution is 2.40. The second-order valence-electron chi connectivity index (χ2n) is 13.1. The number of aromatic nitrogens is 3. The van der Waals surface area contributed by atoms with E-state index in [1.165, 1.54) is 16.2 Å². The van der Waals surface area contributed by atoms with Crippen LogP contribution in [0.1, 0.15) is 0 Å². The summed E-state index contributed by atoms with van der Waals surface area (Å²) in [6.07, 6.45) is 0. The first-order valence-electron chi connectivity index (χ1n) is 17.6. The van der Waals surface area contributed by atoms with Crippen molar-refractivity contribution in [1.29, 1.82) is 0 Å². The molecule has 0 unspecified atom stereocenters. The maximum atomic E-state index is 5.24. The Balaban J connectivity index is 1.10. The Kier molecular flexibility index (Phi) is 7.10. The first-order valence-corrected chi connectivity index (χ1v) is 17.6. The number of rotatable bonds is 6. The van der Waals surface area contributed by atoms with E-state index in [-0.39, 0.29) is 0 Å². The Labute approximate surface area is 301 Å². The maximum absolute atomic E-state index is 5.24.